The van der Waals surface area contributed by atoms with E-state index in [1.807, 2.05) is 20.8 Å². The van der Waals surface area contributed by atoms with Crippen molar-refractivity contribution in [3.05, 3.63) is 82.4 Å². The molecule has 1 saturated heterocycles. The number of hydrogen-bond acceptors (Lipinski definition) is 4. The summed E-state index contributed by atoms with van der Waals surface area (Å²) < 4.78 is 5.56. The van der Waals surface area contributed by atoms with Gasteiger partial charge in [0, 0.05) is 47.5 Å². The SMILES string of the molecule is CC1=C=C(N2C(c3ccc(NC4CCN(C(=O)OC(C)(C)C)C4)cc3)c3[nH]c4ccccc4c3C[C@H]2C)CC1. The lowest BCUT2D eigenvalue weighted by Gasteiger charge is -2.43. The van der Waals surface area contributed by atoms with Gasteiger partial charge >= 0.3 is 6.09 Å². The molecule has 1 aliphatic carbocycles. The van der Waals surface area contributed by atoms with Crippen LogP contribution in [0.3, 0.4) is 0 Å². The zero-order chi connectivity index (χ0) is 27.3. The van der Waals surface area contributed by atoms with E-state index in [9.17, 15) is 4.79 Å². The van der Waals surface area contributed by atoms with Gasteiger partial charge in [-0.25, -0.2) is 4.79 Å². The largest absolute Gasteiger partial charge is 0.444 e. The minimum absolute atomic E-state index is 0.118. The third-order valence-corrected chi connectivity index (χ3v) is 8.22. The molecule has 0 saturated carbocycles. The second kappa shape index (κ2) is 9.84. The van der Waals surface area contributed by atoms with Gasteiger partial charge in [0.1, 0.15) is 5.60 Å². The zero-order valence-electron chi connectivity index (χ0n) is 23.8. The van der Waals surface area contributed by atoms with Crippen molar-refractivity contribution in [2.45, 2.75) is 84.0 Å². The van der Waals surface area contributed by atoms with E-state index in [1.165, 1.54) is 39.0 Å². The van der Waals surface area contributed by atoms with Gasteiger partial charge in [0.15, 0.2) is 0 Å². The normalized spacial score (nSPS) is 23.1. The molecule has 1 fully saturated rings. The summed E-state index contributed by atoms with van der Waals surface area (Å²) >= 11 is 0. The monoisotopic (exact) mass is 524 g/mol. The number of rotatable bonds is 4. The van der Waals surface area contributed by atoms with E-state index in [-0.39, 0.29) is 18.2 Å². The molecule has 1 aromatic heterocycles. The summed E-state index contributed by atoms with van der Waals surface area (Å²) in [5.74, 6) is 0. The lowest BCUT2D eigenvalue weighted by Crippen LogP contribution is -2.41. The molecule has 2 unspecified atom stereocenters. The molecule has 0 spiro atoms. The van der Waals surface area contributed by atoms with E-state index in [4.69, 9.17) is 4.74 Å². The van der Waals surface area contributed by atoms with Crippen molar-refractivity contribution in [1.29, 1.82) is 0 Å². The van der Waals surface area contributed by atoms with E-state index in [0.717, 1.165) is 31.4 Å². The molecule has 204 valence electrons. The van der Waals surface area contributed by atoms with Crippen molar-refractivity contribution >= 4 is 22.7 Å². The molecule has 1 amide bonds. The van der Waals surface area contributed by atoms with Gasteiger partial charge in [-0.05, 0) is 95.2 Å². The van der Waals surface area contributed by atoms with Gasteiger partial charge in [-0.3, -0.25) is 0 Å². The average Bonchev–Trinajstić information content (AvgIpc) is 3.62. The topological polar surface area (TPSA) is 60.6 Å². The van der Waals surface area contributed by atoms with Gasteiger partial charge in [-0.15, -0.1) is 5.73 Å². The molecule has 3 heterocycles. The molecule has 3 aromatic rings. The van der Waals surface area contributed by atoms with Crippen molar-refractivity contribution in [2.75, 3.05) is 18.4 Å². The Balaban J connectivity index is 1.26. The molecular formula is C33H40N4O2. The fraction of sp³-hybridized carbons (Fsp3) is 0.455. The van der Waals surface area contributed by atoms with Crippen LogP contribution < -0.4 is 5.32 Å². The molecule has 6 heteroatoms. The first-order valence-electron chi connectivity index (χ1n) is 14.3. The van der Waals surface area contributed by atoms with Crippen LogP contribution in [0, 0.1) is 0 Å². The summed E-state index contributed by atoms with van der Waals surface area (Å²) in [5.41, 5.74) is 12.2. The second-order valence-electron chi connectivity index (χ2n) is 12.5. The second-order valence-corrected chi connectivity index (χ2v) is 12.5. The third kappa shape index (κ3) is 5.06. The molecule has 3 atom stereocenters. The van der Waals surface area contributed by atoms with Crippen LogP contribution in [0.4, 0.5) is 10.5 Å². The van der Waals surface area contributed by atoms with Crippen LogP contribution in [-0.2, 0) is 11.2 Å². The lowest BCUT2D eigenvalue weighted by atomic mass is 9.88. The van der Waals surface area contributed by atoms with E-state index in [1.54, 1.807) is 4.90 Å². The predicted octanol–water partition coefficient (Wildman–Crippen LogP) is 7.15. The molecular weight excluding hydrogens is 484 g/mol. The van der Waals surface area contributed by atoms with E-state index < -0.39 is 5.60 Å². The van der Waals surface area contributed by atoms with E-state index in [2.05, 4.69) is 83.3 Å². The summed E-state index contributed by atoms with van der Waals surface area (Å²) in [6, 6.07) is 18.3. The first kappa shape index (κ1) is 25.6. The highest BCUT2D eigenvalue weighted by Gasteiger charge is 2.37. The number of likely N-dealkylation sites (tertiary alicyclic amines) is 1. The van der Waals surface area contributed by atoms with Crippen LogP contribution in [0.25, 0.3) is 10.9 Å². The van der Waals surface area contributed by atoms with Crippen LogP contribution in [0.2, 0.25) is 0 Å². The number of benzene rings is 2. The number of amides is 1. The number of aromatic amines is 1. The van der Waals surface area contributed by atoms with Crippen molar-refractivity contribution in [3.63, 3.8) is 0 Å². The summed E-state index contributed by atoms with van der Waals surface area (Å²) in [4.78, 5) is 20.7. The number of carbonyl (C=O) groups excluding carboxylic acids is 1. The Morgan fingerprint density at radius 2 is 1.87 bits per heavy atom. The van der Waals surface area contributed by atoms with Gasteiger partial charge in [-0.2, -0.15) is 0 Å². The molecule has 0 radical (unpaired) electrons. The number of para-hydroxylation sites is 1. The minimum Gasteiger partial charge on any atom is -0.444 e. The zero-order valence-corrected chi connectivity index (χ0v) is 23.8. The Bertz CT molecular complexity index is 1460. The fourth-order valence-corrected chi connectivity index (χ4v) is 6.45. The number of nitrogens with one attached hydrogen (secondary N) is 2. The van der Waals surface area contributed by atoms with Gasteiger partial charge < -0.3 is 24.8 Å². The molecule has 2 aliphatic heterocycles. The van der Waals surface area contributed by atoms with Crippen molar-refractivity contribution in [2.24, 2.45) is 0 Å². The lowest BCUT2D eigenvalue weighted by molar-refractivity contribution is 0.0293. The van der Waals surface area contributed by atoms with Gasteiger partial charge in [0.25, 0.3) is 0 Å². The Kier molecular flexibility index (Phi) is 6.47. The number of hydrogen-bond donors (Lipinski definition) is 2. The van der Waals surface area contributed by atoms with Crippen LogP contribution in [-0.4, -0.2) is 51.7 Å². The number of ether oxygens (including phenoxy) is 1. The maximum atomic E-state index is 12.5. The molecule has 2 N–H and O–H groups in total. The predicted molar refractivity (Wildman–Crippen MR) is 157 cm³/mol. The maximum Gasteiger partial charge on any atom is 0.410 e. The smallest absolute Gasteiger partial charge is 0.410 e. The highest BCUT2D eigenvalue weighted by atomic mass is 16.6. The molecule has 6 nitrogen and oxygen atoms in total. The molecule has 2 aromatic carbocycles. The number of carbonyl (C=O) groups is 1. The van der Waals surface area contributed by atoms with Crippen LogP contribution in [0.5, 0.6) is 0 Å². The van der Waals surface area contributed by atoms with Gasteiger partial charge in [0.05, 0.1) is 11.7 Å². The number of aromatic nitrogens is 1. The van der Waals surface area contributed by atoms with Crippen LogP contribution in [0.15, 0.2) is 65.5 Å². The van der Waals surface area contributed by atoms with E-state index in [0.29, 0.717) is 19.1 Å². The standard InChI is InChI=1S/C33H40N4O2/c1-21-10-15-26(18-21)37-22(2)19-28-27-8-6-7-9-29(27)35-30(28)31(37)23-11-13-24(14-12-23)34-25-16-17-36(20-25)32(38)39-33(3,4)5/h6-9,11-14,22,25,31,34-35H,10,15-17,19-20H2,1-5H3/t22-,25?,31?/m1/s1. The van der Waals surface area contributed by atoms with Crippen molar-refractivity contribution in [3.8, 4) is 0 Å². The Hall–Kier alpha value is -3.63. The Morgan fingerprint density at radius 3 is 2.59 bits per heavy atom. The molecule has 6 rings (SSSR count). The highest BCUT2D eigenvalue weighted by Crippen LogP contribution is 2.44. The Labute approximate surface area is 231 Å². The maximum absolute atomic E-state index is 12.5. The fourth-order valence-electron chi connectivity index (χ4n) is 6.45. The Morgan fingerprint density at radius 1 is 1.10 bits per heavy atom. The molecule has 39 heavy (non-hydrogen) atoms. The number of anilines is 1. The van der Waals surface area contributed by atoms with Crippen molar-refractivity contribution < 1.29 is 9.53 Å². The molecule has 0 bridgehead atoms. The van der Waals surface area contributed by atoms with Crippen molar-refractivity contribution in [1.82, 2.24) is 14.8 Å². The number of nitrogens with zero attached hydrogens (tertiary/aromatic N) is 2. The number of allylic oxidation sites excluding steroid dienone is 1. The highest BCUT2D eigenvalue weighted by molar-refractivity contribution is 5.85. The molecule has 3 aliphatic rings. The summed E-state index contributed by atoms with van der Waals surface area (Å²) in [7, 11) is 0. The summed E-state index contributed by atoms with van der Waals surface area (Å²) in [5, 5.41) is 4.99. The summed E-state index contributed by atoms with van der Waals surface area (Å²) in [6.07, 6.45) is 3.85. The number of H-pyrrole nitrogens is 1. The minimum atomic E-state index is -0.475. The van der Waals surface area contributed by atoms with E-state index >= 15 is 0 Å². The van der Waals surface area contributed by atoms with Crippen LogP contribution >= 0.6 is 0 Å². The quantitative estimate of drug-likeness (QED) is 0.356. The van der Waals surface area contributed by atoms with Gasteiger partial charge in [0.2, 0.25) is 0 Å². The summed E-state index contributed by atoms with van der Waals surface area (Å²) in [6.45, 7) is 11.6. The number of fused-ring (bicyclic) bond motifs is 3. The van der Waals surface area contributed by atoms with Gasteiger partial charge in [-0.1, -0.05) is 30.3 Å². The first-order valence-corrected chi connectivity index (χ1v) is 14.3. The average molecular weight is 525 g/mol. The first-order chi connectivity index (χ1) is 18.7. The third-order valence-electron chi connectivity index (χ3n) is 8.22. The van der Waals surface area contributed by atoms with Crippen LogP contribution in [0.1, 0.15) is 76.7 Å².